The maximum Gasteiger partial charge on any atom is 0.335 e. The number of aromatic nitrogens is 1. The van der Waals surface area contributed by atoms with Gasteiger partial charge in [0.05, 0.1) is 21.2 Å². The smallest absolute Gasteiger partial charge is 0.335 e. The van der Waals surface area contributed by atoms with Gasteiger partial charge < -0.3 is 14.4 Å². The number of aromatic carboxylic acids is 1. The summed E-state index contributed by atoms with van der Waals surface area (Å²) >= 11 is 13.0. The lowest BCUT2D eigenvalue weighted by Gasteiger charge is -2.12. The number of benzene rings is 3. The van der Waals surface area contributed by atoms with E-state index in [4.69, 9.17) is 32.5 Å². The summed E-state index contributed by atoms with van der Waals surface area (Å²) in [6.45, 7) is 0.218. The number of carbonyl (C=O) groups excluding carboxylic acids is 1. The minimum Gasteiger partial charge on any atom is -0.489 e. The fraction of sp³-hybridized carbons (Fsp3) is 0.233. The molecular weight excluding hydrogens is 525 g/mol. The molecule has 38 heavy (non-hydrogen) atoms. The Kier molecular flexibility index (Phi) is 5.39. The molecule has 2 atom stereocenters. The normalized spacial score (nSPS) is 19.3. The minimum absolute atomic E-state index is 0.0867. The lowest BCUT2D eigenvalue weighted by Crippen LogP contribution is -2.07. The molecule has 0 amide bonds. The number of rotatable bonds is 6. The van der Waals surface area contributed by atoms with Gasteiger partial charge in [0, 0.05) is 22.6 Å². The molecule has 1 N–H and O–H groups in total. The van der Waals surface area contributed by atoms with E-state index in [1.54, 1.807) is 36.4 Å². The molecule has 0 spiro atoms. The van der Waals surface area contributed by atoms with E-state index in [0.717, 1.165) is 41.7 Å². The van der Waals surface area contributed by atoms with Gasteiger partial charge in [-0.05, 0) is 90.8 Å². The second kappa shape index (κ2) is 8.72. The van der Waals surface area contributed by atoms with Crippen LogP contribution in [0, 0.1) is 0 Å². The van der Waals surface area contributed by atoms with Crippen molar-refractivity contribution in [1.82, 2.24) is 5.16 Å². The number of carbonyl (C=O) groups is 2. The number of hydrogen-bond acceptors (Lipinski definition) is 5. The number of carboxylic acids is 1. The second-order valence-electron chi connectivity index (χ2n) is 10.2. The molecule has 6 nitrogen and oxygen atoms in total. The van der Waals surface area contributed by atoms with Gasteiger partial charge in [-0.2, -0.15) is 0 Å². The molecule has 4 aromatic rings. The summed E-state index contributed by atoms with van der Waals surface area (Å²) in [5.41, 5.74) is 5.20. The molecule has 190 valence electrons. The number of ketones is 1. The van der Waals surface area contributed by atoms with Gasteiger partial charge in [-0.3, -0.25) is 4.79 Å². The molecule has 8 heteroatoms. The van der Waals surface area contributed by atoms with Crippen molar-refractivity contribution in [3.63, 3.8) is 0 Å². The van der Waals surface area contributed by atoms with Crippen LogP contribution in [0.25, 0.3) is 11.3 Å². The van der Waals surface area contributed by atoms with E-state index in [1.165, 1.54) is 6.07 Å². The van der Waals surface area contributed by atoms with Crippen molar-refractivity contribution in [3.8, 4) is 17.0 Å². The van der Waals surface area contributed by atoms with Crippen molar-refractivity contribution in [1.29, 1.82) is 0 Å². The summed E-state index contributed by atoms with van der Waals surface area (Å²) in [5, 5.41) is 14.7. The Morgan fingerprint density at radius 3 is 2.37 bits per heavy atom. The number of hydrogen-bond donors (Lipinski definition) is 1. The van der Waals surface area contributed by atoms with Crippen LogP contribution < -0.4 is 4.74 Å². The predicted molar refractivity (Wildman–Crippen MR) is 142 cm³/mol. The molecule has 7 rings (SSSR count). The molecule has 2 unspecified atom stereocenters. The monoisotopic (exact) mass is 545 g/mol. The van der Waals surface area contributed by atoms with E-state index < -0.39 is 5.97 Å². The summed E-state index contributed by atoms with van der Waals surface area (Å²) in [6.07, 6.45) is 2.94. The topological polar surface area (TPSA) is 89.6 Å². The SMILES string of the molecule is O=C(O)c1ccc2c(c1)C1CC1c1cc(OCc3c(-c4c(Cl)cccc4Cl)noc3C3CC3)ccc1C2=O. The van der Waals surface area contributed by atoms with Gasteiger partial charge in [0.15, 0.2) is 5.78 Å². The minimum atomic E-state index is -0.994. The number of halogens is 2. The van der Waals surface area contributed by atoms with Crippen LogP contribution in [0.3, 0.4) is 0 Å². The average Bonchev–Trinajstić information content (AvgIpc) is 3.84. The molecular formula is C30H21Cl2NO5. The first-order chi connectivity index (χ1) is 18.4. The molecule has 0 aliphatic heterocycles. The van der Waals surface area contributed by atoms with Gasteiger partial charge in [0.25, 0.3) is 0 Å². The van der Waals surface area contributed by atoms with Crippen molar-refractivity contribution >= 4 is 35.0 Å². The van der Waals surface area contributed by atoms with Crippen LogP contribution in [-0.2, 0) is 6.61 Å². The van der Waals surface area contributed by atoms with Crippen LogP contribution in [0.4, 0.5) is 0 Å². The highest BCUT2D eigenvalue weighted by Crippen LogP contribution is 2.59. The zero-order valence-corrected chi connectivity index (χ0v) is 21.6. The van der Waals surface area contributed by atoms with Gasteiger partial charge >= 0.3 is 5.97 Å². The van der Waals surface area contributed by atoms with Crippen LogP contribution in [-0.4, -0.2) is 22.0 Å². The highest BCUT2D eigenvalue weighted by Gasteiger charge is 2.46. The molecule has 3 aliphatic rings. The van der Waals surface area contributed by atoms with Crippen molar-refractivity contribution < 1.29 is 24.0 Å². The predicted octanol–water partition coefficient (Wildman–Crippen LogP) is 7.62. The van der Waals surface area contributed by atoms with Crippen molar-refractivity contribution in [3.05, 3.63) is 104 Å². The van der Waals surface area contributed by atoms with Gasteiger partial charge in [0.1, 0.15) is 23.8 Å². The highest BCUT2D eigenvalue weighted by atomic mass is 35.5. The highest BCUT2D eigenvalue weighted by molar-refractivity contribution is 6.39. The van der Waals surface area contributed by atoms with Crippen LogP contribution in [0.5, 0.6) is 5.75 Å². The van der Waals surface area contributed by atoms with Crippen LogP contribution >= 0.6 is 23.2 Å². The zero-order valence-electron chi connectivity index (χ0n) is 20.0. The van der Waals surface area contributed by atoms with Crippen molar-refractivity contribution in [2.75, 3.05) is 0 Å². The van der Waals surface area contributed by atoms with Crippen molar-refractivity contribution in [2.45, 2.75) is 43.6 Å². The number of nitrogens with zero attached hydrogens (tertiary/aromatic N) is 1. The summed E-state index contributed by atoms with van der Waals surface area (Å²) in [6, 6.07) is 15.7. The third-order valence-corrected chi connectivity index (χ3v) is 8.38. The lowest BCUT2D eigenvalue weighted by molar-refractivity contribution is 0.0696. The average molecular weight is 546 g/mol. The third-order valence-electron chi connectivity index (χ3n) is 7.75. The molecule has 2 fully saturated rings. The van der Waals surface area contributed by atoms with Crippen LogP contribution in [0.1, 0.15) is 85.7 Å². The molecule has 0 bridgehead atoms. The molecule has 0 radical (unpaired) electrons. The van der Waals surface area contributed by atoms with E-state index in [2.05, 4.69) is 5.16 Å². The van der Waals surface area contributed by atoms with E-state index in [-0.39, 0.29) is 29.8 Å². The lowest BCUT2D eigenvalue weighted by atomic mass is 9.95. The summed E-state index contributed by atoms with van der Waals surface area (Å²) in [5.74, 6) is 0.938. The van der Waals surface area contributed by atoms with E-state index in [0.29, 0.717) is 44.1 Å². The first kappa shape index (κ1) is 23.5. The van der Waals surface area contributed by atoms with E-state index in [9.17, 15) is 14.7 Å². The molecule has 3 aliphatic carbocycles. The standard InChI is InChI=1S/C30H21Cl2NO5/c31-24-2-1-3-25(32)26(24)27-23(29(38-33-27)14-4-5-14)13-37-16-7-9-18-20(11-16)22-12-21(22)19-10-15(30(35)36)6-8-17(19)28(18)34/h1-3,6-11,14,21-22H,4-5,12-13H2,(H,35,36). The molecule has 2 saturated carbocycles. The maximum absolute atomic E-state index is 13.4. The Bertz CT molecular complexity index is 1630. The first-order valence-electron chi connectivity index (χ1n) is 12.5. The Balaban J connectivity index is 1.21. The number of carboxylic acid groups (broad SMARTS) is 1. The number of ether oxygens (including phenoxy) is 1. The van der Waals surface area contributed by atoms with Crippen LogP contribution in [0.15, 0.2) is 59.1 Å². The van der Waals surface area contributed by atoms with Crippen LogP contribution in [0.2, 0.25) is 10.0 Å². The third kappa shape index (κ3) is 3.82. The largest absolute Gasteiger partial charge is 0.489 e. The van der Waals surface area contributed by atoms with E-state index in [1.807, 2.05) is 12.1 Å². The molecule has 3 aromatic carbocycles. The summed E-state index contributed by atoms with van der Waals surface area (Å²) in [4.78, 5) is 24.9. The van der Waals surface area contributed by atoms with Gasteiger partial charge in [-0.25, -0.2) is 4.79 Å². The van der Waals surface area contributed by atoms with Gasteiger partial charge in [-0.1, -0.05) is 34.4 Å². The summed E-state index contributed by atoms with van der Waals surface area (Å²) < 4.78 is 12.0. The second-order valence-corrected chi connectivity index (χ2v) is 11.0. The maximum atomic E-state index is 13.4. The first-order valence-corrected chi connectivity index (χ1v) is 13.3. The van der Waals surface area contributed by atoms with Gasteiger partial charge in [-0.15, -0.1) is 0 Å². The molecule has 1 aromatic heterocycles. The summed E-state index contributed by atoms with van der Waals surface area (Å²) in [7, 11) is 0. The Morgan fingerprint density at radius 2 is 1.68 bits per heavy atom. The van der Waals surface area contributed by atoms with E-state index >= 15 is 0 Å². The fourth-order valence-electron chi connectivity index (χ4n) is 5.58. The number of fused-ring (bicyclic) bond motifs is 5. The fourth-order valence-corrected chi connectivity index (χ4v) is 6.16. The Labute approximate surface area is 228 Å². The van der Waals surface area contributed by atoms with Gasteiger partial charge in [0.2, 0.25) is 0 Å². The van der Waals surface area contributed by atoms with Crippen molar-refractivity contribution in [2.24, 2.45) is 0 Å². The quantitative estimate of drug-likeness (QED) is 0.268. The Morgan fingerprint density at radius 1 is 1.00 bits per heavy atom. The Hall–Kier alpha value is -3.61. The molecule has 1 heterocycles. The zero-order chi connectivity index (χ0) is 26.1. The molecule has 0 saturated heterocycles.